The van der Waals surface area contributed by atoms with E-state index in [2.05, 4.69) is 35.1 Å². The number of nitrogens with two attached hydrogens (primary N) is 1. The molecule has 4 nitrogen and oxygen atoms in total. The standard InChI is InChI=1S/C11H12N4/c1-7-4-3-5-9(8(7)2)10-6-13-11(12)15-14-10/h3-6H,1-2H3,(H2,12,13,15). The second-order valence-electron chi connectivity index (χ2n) is 3.45. The number of hydrogen-bond acceptors (Lipinski definition) is 4. The van der Waals surface area contributed by atoms with E-state index in [9.17, 15) is 0 Å². The molecule has 2 N–H and O–H groups in total. The number of anilines is 1. The zero-order valence-electron chi connectivity index (χ0n) is 8.73. The van der Waals surface area contributed by atoms with Crippen LogP contribution in [-0.4, -0.2) is 15.2 Å². The van der Waals surface area contributed by atoms with Gasteiger partial charge >= 0.3 is 0 Å². The van der Waals surface area contributed by atoms with Crippen molar-refractivity contribution in [1.82, 2.24) is 15.2 Å². The molecule has 0 radical (unpaired) electrons. The number of nitrogens with zero attached hydrogens (tertiary/aromatic N) is 3. The van der Waals surface area contributed by atoms with Gasteiger partial charge in [-0.2, -0.15) is 0 Å². The van der Waals surface area contributed by atoms with Gasteiger partial charge in [-0.15, -0.1) is 10.2 Å². The van der Waals surface area contributed by atoms with Crippen molar-refractivity contribution in [2.45, 2.75) is 13.8 Å². The van der Waals surface area contributed by atoms with E-state index in [1.807, 2.05) is 12.1 Å². The summed E-state index contributed by atoms with van der Waals surface area (Å²) < 4.78 is 0. The van der Waals surface area contributed by atoms with E-state index in [-0.39, 0.29) is 5.95 Å². The lowest BCUT2D eigenvalue weighted by molar-refractivity contribution is 0.991. The zero-order chi connectivity index (χ0) is 10.8. The van der Waals surface area contributed by atoms with Crippen molar-refractivity contribution < 1.29 is 0 Å². The Morgan fingerprint density at radius 2 is 1.93 bits per heavy atom. The van der Waals surface area contributed by atoms with Gasteiger partial charge in [0.25, 0.3) is 0 Å². The molecule has 0 aliphatic heterocycles. The molecule has 0 bridgehead atoms. The summed E-state index contributed by atoms with van der Waals surface area (Å²) in [5.41, 5.74) is 9.61. The minimum Gasteiger partial charge on any atom is -0.366 e. The fourth-order valence-electron chi connectivity index (χ4n) is 1.44. The van der Waals surface area contributed by atoms with Crippen LogP contribution < -0.4 is 5.73 Å². The van der Waals surface area contributed by atoms with Crippen LogP contribution in [0.1, 0.15) is 11.1 Å². The topological polar surface area (TPSA) is 64.7 Å². The van der Waals surface area contributed by atoms with Crippen LogP contribution in [0.3, 0.4) is 0 Å². The third kappa shape index (κ3) is 1.79. The molecule has 0 amide bonds. The highest BCUT2D eigenvalue weighted by molar-refractivity contribution is 5.63. The summed E-state index contributed by atoms with van der Waals surface area (Å²) >= 11 is 0. The molecule has 1 heterocycles. The van der Waals surface area contributed by atoms with Gasteiger partial charge in [-0.1, -0.05) is 18.2 Å². The van der Waals surface area contributed by atoms with Gasteiger partial charge in [0, 0.05) is 5.56 Å². The van der Waals surface area contributed by atoms with Crippen LogP contribution in [0.4, 0.5) is 5.95 Å². The molecule has 4 heteroatoms. The SMILES string of the molecule is Cc1cccc(-c2cnc(N)nn2)c1C. The van der Waals surface area contributed by atoms with E-state index in [1.165, 1.54) is 11.1 Å². The molecule has 0 saturated heterocycles. The Kier molecular flexibility index (Phi) is 2.33. The maximum atomic E-state index is 5.39. The van der Waals surface area contributed by atoms with Crippen LogP contribution in [0.15, 0.2) is 24.4 Å². The summed E-state index contributed by atoms with van der Waals surface area (Å²) in [5, 5.41) is 7.76. The summed E-state index contributed by atoms with van der Waals surface area (Å²) in [4.78, 5) is 3.93. The van der Waals surface area contributed by atoms with Crippen molar-refractivity contribution in [3.8, 4) is 11.3 Å². The lowest BCUT2D eigenvalue weighted by atomic mass is 10.0. The molecule has 0 spiro atoms. The van der Waals surface area contributed by atoms with Crippen LogP contribution in [-0.2, 0) is 0 Å². The van der Waals surface area contributed by atoms with Crippen LogP contribution in [0.2, 0.25) is 0 Å². The van der Waals surface area contributed by atoms with Crippen molar-refractivity contribution in [2.75, 3.05) is 5.73 Å². The predicted octanol–water partition coefficient (Wildman–Crippen LogP) is 1.74. The Hall–Kier alpha value is -1.97. The molecule has 0 saturated carbocycles. The van der Waals surface area contributed by atoms with Gasteiger partial charge in [-0.25, -0.2) is 4.98 Å². The molecule has 1 aromatic carbocycles. The first-order valence-corrected chi connectivity index (χ1v) is 4.70. The number of aromatic nitrogens is 3. The van der Waals surface area contributed by atoms with Gasteiger partial charge in [0.2, 0.25) is 5.95 Å². The Labute approximate surface area is 88.2 Å². The van der Waals surface area contributed by atoms with Crippen molar-refractivity contribution in [3.63, 3.8) is 0 Å². The molecule has 76 valence electrons. The smallest absolute Gasteiger partial charge is 0.240 e. The van der Waals surface area contributed by atoms with Crippen LogP contribution >= 0.6 is 0 Å². The number of hydrogen-bond donors (Lipinski definition) is 1. The molecule has 0 aliphatic carbocycles. The first-order valence-electron chi connectivity index (χ1n) is 4.70. The van der Waals surface area contributed by atoms with Crippen molar-refractivity contribution in [2.24, 2.45) is 0 Å². The average Bonchev–Trinajstić information content (AvgIpc) is 2.24. The van der Waals surface area contributed by atoms with E-state index in [0.29, 0.717) is 0 Å². The van der Waals surface area contributed by atoms with Crippen molar-refractivity contribution in [3.05, 3.63) is 35.5 Å². The van der Waals surface area contributed by atoms with Gasteiger partial charge in [-0.05, 0) is 25.0 Å². The molecule has 2 aromatic rings. The maximum Gasteiger partial charge on any atom is 0.240 e. The number of nitrogen functional groups attached to an aromatic ring is 1. The molecule has 1 aromatic heterocycles. The molecule has 0 aliphatic rings. The first kappa shape index (κ1) is 9.58. The van der Waals surface area contributed by atoms with Gasteiger partial charge in [0.1, 0.15) is 5.69 Å². The lowest BCUT2D eigenvalue weighted by Crippen LogP contribution is -1.98. The van der Waals surface area contributed by atoms with E-state index in [1.54, 1.807) is 6.20 Å². The fraction of sp³-hybridized carbons (Fsp3) is 0.182. The quantitative estimate of drug-likeness (QED) is 0.761. The third-order valence-electron chi connectivity index (χ3n) is 2.46. The lowest BCUT2D eigenvalue weighted by Gasteiger charge is -2.06. The predicted molar refractivity (Wildman–Crippen MR) is 59.1 cm³/mol. The Morgan fingerprint density at radius 3 is 2.60 bits per heavy atom. The zero-order valence-corrected chi connectivity index (χ0v) is 8.73. The largest absolute Gasteiger partial charge is 0.366 e. The summed E-state index contributed by atoms with van der Waals surface area (Å²) in [7, 11) is 0. The first-order chi connectivity index (χ1) is 7.18. The van der Waals surface area contributed by atoms with Crippen LogP contribution in [0.25, 0.3) is 11.3 Å². The molecule has 0 unspecified atom stereocenters. The monoisotopic (exact) mass is 200 g/mol. The summed E-state index contributed by atoms with van der Waals surface area (Å²) in [6.45, 7) is 4.12. The highest BCUT2D eigenvalue weighted by Gasteiger charge is 2.05. The molecular formula is C11H12N4. The number of benzene rings is 1. The Bertz CT molecular complexity index is 476. The fourth-order valence-corrected chi connectivity index (χ4v) is 1.44. The van der Waals surface area contributed by atoms with Gasteiger partial charge in [0.15, 0.2) is 0 Å². The maximum absolute atomic E-state index is 5.39. The second-order valence-corrected chi connectivity index (χ2v) is 3.45. The van der Waals surface area contributed by atoms with Crippen LogP contribution in [0.5, 0.6) is 0 Å². The molecule has 0 fully saturated rings. The Balaban J connectivity index is 2.54. The van der Waals surface area contributed by atoms with E-state index < -0.39 is 0 Å². The van der Waals surface area contributed by atoms with E-state index in [4.69, 9.17) is 5.73 Å². The minimum atomic E-state index is 0.198. The minimum absolute atomic E-state index is 0.198. The van der Waals surface area contributed by atoms with E-state index >= 15 is 0 Å². The summed E-state index contributed by atoms with van der Waals surface area (Å²) in [6, 6.07) is 6.07. The molecule has 15 heavy (non-hydrogen) atoms. The highest BCUT2D eigenvalue weighted by Crippen LogP contribution is 2.22. The number of rotatable bonds is 1. The van der Waals surface area contributed by atoms with E-state index in [0.717, 1.165) is 11.3 Å². The third-order valence-corrected chi connectivity index (χ3v) is 2.46. The molecular weight excluding hydrogens is 188 g/mol. The van der Waals surface area contributed by atoms with Crippen LogP contribution in [0, 0.1) is 13.8 Å². The Morgan fingerprint density at radius 1 is 1.13 bits per heavy atom. The normalized spacial score (nSPS) is 10.3. The van der Waals surface area contributed by atoms with Crippen molar-refractivity contribution in [1.29, 1.82) is 0 Å². The van der Waals surface area contributed by atoms with Gasteiger partial charge < -0.3 is 5.73 Å². The summed E-state index contributed by atoms with van der Waals surface area (Å²) in [5.74, 6) is 0.198. The highest BCUT2D eigenvalue weighted by atomic mass is 15.2. The molecule has 0 atom stereocenters. The second kappa shape index (κ2) is 3.65. The average molecular weight is 200 g/mol. The molecule has 2 rings (SSSR count). The summed E-state index contributed by atoms with van der Waals surface area (Å²) in [6.07, 6.45) is 1.64. The van der Waals surface area contributed by atoms with Gasteiger partial charge in [-0.3, -0.25) is 0 Å². The van der Waals surface area contributed by atoms with Crippen molar-refractivity contribution >= 4 is 5.95 Å². The van der Waals surface area contributed by atoms with Gasteiger partial charge in [0.05, 0.1) is 6.20 Å². The number of aryl methyl sites for hydroxylation is 1.